The minimum atomic E-state index is -0.678. The van der Waals surface area contributed by atoms with Crippen molar-refractivity contribution < 1.29 is 9.90 Å². The number of aliphatic carboxylic acids is 1. The number of hydrogen-bond acceptors (Lipinski definition) is 2. The summed E-state index contributed by atoms with van der Waals surface area (Å²) >= 11 is 0. The minimum Gasteiger partial charge on any atom is -0.481 e. The summed E-state index contributed by atoms with van der Waals surface area (Å²) in [5, 5.41) is 12.0. The molecule has 0 heterocycles. The maximum atomic E-state index is 10.4. The van der Waals surface area contributed by atoms with Crippen LogP contribution in [0.2, 0.25) is 0 Å². The van der Waals surface area contributed by atoms with E-state index in [0.29, 0.717) is 6.42 Å². The molecule has 0 aromatic carbocycles. The van der Waals surface area contributed by atoms with Crippen LogP contribution in [0.15, 0.2) is 0 Å². The maximum Gasteiger partial charge on any atom is 0.303 e. The van der Waals surface area contributed by atoms with E-state index in [1.54, 1.807) is 0 Å². The number of unbranched alkanes of at least 4 members (excludes halogenated alkanes) is 16. The molecule has 0 radical (unpaired) electrons. The summed E-state index contributed by atoms with van der Waals surface area (Å²) < 4.78 is 0. The molecule has 156 valence electrons. The van der Waals surface area contributed by atoms with Crippen LogP contribution >= 0.6 is 0 Å². The van der Waals surface area contributed by atoms with Gasteiger partial charge in [0.25, 0.3) is 0 Å². The highest BCUT2D eigenvalue weighted by Gasteiger charge is 1.97. The van der Waals surface area contributed by atoms with E-state index < -0.39 is 5.97 Å². The van der Waals surface area contributed by atoms with Crippen LogP contribution in [0, 0.1) is 0 Å². The third-order valence-electron chi connectivity index (χ3n) is 5.20. The number of hydrogen-bond donors (Lipinski definition) is 2. The maximum absolute atomic E-state index is 10.4. The summed E-state index contributed by atoms with van der Waals surface area (Å²) in [7, 11) is 0. The number of carboxylic acids is 1. The van der Waals surface area contributed by atoms with E-state index in [2.05, 4.69) is 12.2 Å². The smallest absolute Gasteiger partial charge is 0.303 e. The average molecular weight is 370 g/mol. The van der Waals surface area contributed by atoms with Gasteiger partial charge in [-0.15, -0.1) is 0 Å². The number of carbonyl (C=O) groups is 1. The highest BCUT2D eigenvalue weighted by atomic mass is 16.4. The van der Waals surface area contributed by atoms with Gasteiger partial charge in [0, 0.05) is 6.42 Å². The normalized spacial score (nSPS) is 11.1. The van der Waals surface area contributed by atoms with Crippen LogP contribution in [0.3, 0.4) is 0 Å². The van der Waals surface area contributed by atoms with Crippen molar-refractivity contribution in [3.8, 4) is 0 Å². The van der Waals surface area contributed by atoms with Crippen molar-refractivity contribution in [3.05, 3.63) is 0 Å². The zero-order valence-corrected chi connectivity index (χ0v) is 17.7. The van der Waals surface area contributed by atoms with Gasteiger partial charge >= 0.3 is 5.97 Å². The molecular formula is C23H47NO2. The van der Waals surface area contributed by atoms with Crippen molar-refractivity contribution in [2.75, 3.05) is 13.1 Å². The van der Waals surface area contributed by atoms with E-state index in [4.69, 9.17) is 5.11 Å². The average Bonchev–Trinajstić information content (AvgIpc) is 2.62. The van der Waals surface area contributed by atoms with Gasteiger partial charge in [0.1, 0.15) is 0 Å². The fourth-order valence-corrected chi connectivity index (χ4v) is 3.45. The Bertz CT molecular complexity index is 281. The van der Waals surface area contributed by atoms with Gasteiger partial charge in [-0.25, -0.2) is 0 Å². The molecule has 0 aliphatic carbocycles. The van der Waals surface area contributed by atoms with E-state index in [-0.39, 0.29) is 0 Å². The highest BCUT2D eigenvalue weighted by molar-refractivity contribution is 5.66. The van der Waals surface area contributed by atoms with Gasteiger partial charge in [0.05, 0.1) is 0 Å². The lowest BCUT2D eigenvalue weighted by Gasteiger charge is -2.05. The molecule has 0 amide bonds. The van der Waals surface area contributed by atoms with Crippen LogP contribution in [0.1, 0.15) is 129 Å². The molecule has 0 atom stereocenters. The second-order valence-electron chi connectivity index (χ2n) is 7.90. The summed E-state index contributed by atoms with van der Waals surface area (Å²) in [6.07, 6.45) is 24.7. The zero-order chi connectivity index (χ0) is 19.1. The topological polar surface area (TPSA) is 49.3 Å². The van der Waals surface area contributed by atoms with Gasteiger partial charge in [-0.05, 0) is 32.4 Å². The van der Waals surface area contributed by atoms with Gasteiger partial charge in [-0.3, -0.25) is 4.79 Å². The van der Waals surface area contributed by atoms with Gasteiger partial charge in [-0.1, -0.05) is 103 Å². The van der Waals surface area contributed by atoms with Gasteiger partial charge in [-0.2, -0.15) is 0 Å². The first kappa shape index (κ1) is 25.4. The first-order valence-electron chi connectivity index (χ1n) is 11.7. The second kappa shape index (κ2) is 22.5. The molecule has 0 bridgehead atoms. The number of carboxylic acid groups (broad SMARTS) is 1. The summed E-state index contributed by atoms with van der Waals surface area (Å²) in [6, 6.07) is 0. The summed E-state index contributed by atoms with van der Waals surface area (Å²) in [6.45, 7) is 4.34. The van der Waals surface area contributed by atoms with Crippen LogP contribution in [0.5, 0.6) is 0 Å². The SMILES string of the molecule is CCCCCCCCCCCCCCCCCCNCCCCC(=O)O. The fourth-order valence-electron chi connectivity index (χ4n) is 3.45. The predicted octanol–water partition coefficient (Wildman–Crippen LogP) is 7.09. The fraction of sp³-hybridized carbons (Fsp3) is 0.957. The molecule has 0 aromatic heterocycles. The lowest BCUT2D eigenvalue weighted by atomic mass is 10.0. The van der Waals surface area contributed by atoms with E-state index in [9.17, 15) is 4.79 Å². The van der Waals surface area contributed by atoms with E-state index in [1.165, 1.54) is 103 Å². The van der Waals surface area contributed by atoms with Crippen molar-refractivity contribution in [2.24, 2.45) is 0 Å². The van der Waals surface area contributed by atoms with Gasteiger partial charge in [0.15, 0.2) is 0 Å². The molecule has 3 nitrogen and oxygen atoms in total. The molecule has 0 fully saturated rings. The van der Waals surface area contributed by atoms with Crippen molar-refractivity contribution in [1.82, 2.24) is 5.32 Å². The zero-order valence-electron chi connectivity index (χ0n) is 17.7. The Morgan fingerprint density at radius 2 is 0.923 bits per heavy atom. The lowest BCUT2D eigenvalue weighted by molar-refractivity contribution is -0.137. The molecule has 3 heteroatoms. The molecule has 2 N–H and O–H groups in total. The van der Waals surface area contributed by atoms with Gasteiger partial charge in [0.2, 0.25) is 0 Å². The first-order valence-corrected chi connectivity index (χ1v) is 11.7. The Morgan fingerprint density at radius 1 is 0.577 bits per heavy atom. The molecule has 0 rings (SSSR count). The monoisotopic (exact) mass is 369 g/mol. The summed E-state index contributed by atoms with van der Waals surface area (Å²) in [5.74, 6) is -0.678. The van der Waals surface area contributed by atoms with E-state index in [0.717, 1.165) is 25.9 Å². The molecule has 0 spiro atoms. The van der Waals surface area contributed by atoms with Crippen molar-refractivity contribution >= 4 is 5.97 Å². The third kappa shape index (κ3) is 23.4. The Balaban J connectivity index is 2.98. The Labute approximate surface area is 163 Å². The summed E-state index contributed by atoms with van der Waals surface area (Å²) in [4.78, 5) is 10.4. The Hall–Kier alpha value is -0.570. The van der Waals surface area contributed by atoms with Crippen LogP contribution < -0.4 is 5.32 Å². The highest BCUT2D eigenvalue weighted by Crippen LogP contribution is 2.13. The molecule has 0 aliphatic rings. The molecule has 0 saturated carbocycles. The standard InChI is InChI=1S/C23H47NO2/c1-2-3-4-5-6-7-8-9-10-11-12-13-14-15-16-18-21-24-22-19-17-20-23(25)26/h24H,2-22H2,1H3,(H,25,26). The van der Waals surface area contributed by atoms with Crippen molar-refractivity contribution in [2.45, 2.75) is 129 Å². The molecule has 0 unspecified atom stereocenters. The first-order chi connectivity index (χ1) is 12.8. The van der Waals surface area contributed by atoms with Crippen LogP contribution in [-0.4, -0.2) is 24.2 Å². The van der Waals surface area contributed by atoms with E-state index >= 15 is 0 Å². The van der Waals surface area contributed by atoms with Crippen molar-refractivity contribution in [3.63, 3.8) is 0 Å². The minimum absolute atomic E-state index is 0.306. The molecule has 26 heavy (non-hydrogen) atoms. The molecule has 0 aliphatic heterocycles. The molecule has 0 saturated heterocycles. The Kier molecular flexibility index (Phi) is 22.0. The van der Waals surface area contributed by atoms with E-state index in [1.807, 2.05) is 0 Å². The predicted molar refractivity (Wildman–Crippen MR) is 114 cm³/mol. The quantitative estimate of drug-likeness (QED) is 0.200. The lowest BCUT2D eigenvalue weighted by Crippen LogP contribution is -2.16. The van der Waals surface area contributed by atoms with Crippen molar-refractivity contribution in [1.29, 1.82) is 0 Å². The molecular weight excluding hydrogens is 322 g/mol. The Morgan fingerprint density at radius 3 is 1.31 bits per heavy atom. The third-order valence-corrected chi connectivity index (χ3v) is 5.20. The van der Waals surface area contributed by atoms with Crippen LogP contribution in [0.25, 0.3) is 0 Å². The van der Waals surface area contributed by atoms with Crippen LogP contribution in [0.4, 0.5) is 0 Å². The second-order valence-corrected chi connectivity index (χ2v) is 7.90. The molecule has 0 aromatic rings. The summed E-state index contributed by atoms with van der Waals surface area (Å²) in [5.41, 5.74) is 0. The largest absolute Gasteiger partial charge is 0.481 e. The number of rotatable bonds is 22. The van der Waals surface area contributed by atoms with Crippen LogP contribution in [-0.2, 0) is 4.79 Å². The van der Waals surface area contributed by atoms with Gasteiger partial charge < -0.3 is 10.4 Å². The number of nitrogens with one attached hydrogen (secondary N) is 1.